The molecule has 0 fully saturated rings. The molecule has 1 aromatic carbocycles. The summed E-state index contributed by atoms with van der Waals surface area (Å²) in [5, 5.41) is 0.586. The Hall–Kier alpha value is 0.330. The van der Waals surface area contributed by atoms with Crippen molar-refractivity contribution < 1.29 is 35.4 Å². The average Bonchev–Trinajstić information content (AvgIpc) is 2.55. The molecule has 0 saturated carbocycles. The Morgan fingerprint density at radius 3 is 2.56 bits per heavy atom. The molecular formula is C11H13ClNNaOS. The predicted octanol–water partition coefficient (Wildman–Crippen LogP) is 1.18. The van der Waals surface area contributed by atoms with Crippen LogP contribution in [-0.2, 0) is 5.41 Å². The second kappa shape index (κ2) is 4.91. The van der Waals surface area contributed by atoms with Gasteiger partial charge in [-0.2, -0.15) is 0 Å². The number of hydrogen-bond donors (Lipinski definition) is 1. The van der Waals surface area contributed by atoms with Crippen molar-refractivity contribution in [1.29, 1.82) is 0 Å². The molecule has 2 rings (SSSR count). The van der Waals surface area contributed by atoms with E-state index >= 15 is 0 Å². The summed E-state index contributed by atoms with van der Waals surface area (Å²) in [6.07, 6.45) is 0. The molecule has 82 valence electrons. The molecule has 0 aliphatic rings. The standard InChI is InChI=1S/C11H12ClNOS.Na.H/c1-11(2,3)10-13-7-5-4-6(12)9(15)8(7)14-10;;/h4-5,15H,1-3H3;;/q;+1;-1. The number of oxazole rings is 1. The summed E-state index contributed by atoms with van der Waals surface area (Å²) < 4.78 is 5.67. The third-order valence-electron chi connectivity index (χ3n) is 2.12. The minimum atomic E-state index is -0.105. The van der Waals surface area contributed by atoms with Crippen molar-refractivity contribution >= 4 is 35.3 Å². The van der Waals surface area contributed by atoms with Gasteiger partial charge in [-0.3, -0.25) is 0 Å². The second-order valence-electron chi connectivity index (χ2n) is 4.51. The van der Waals surface area contributed by atoms with Crippen molar-refractivity contribution in [3.05, 3.63) is 23.0 Å². The number of benzene rings is 1. The summed E-state index contributed by atoms with van der Waals surface area (Å²) in [6, 6.07) is 3.62. The number of hydrogen-bond acceptors (Lipinski definition) is 3. The van der Waals surface area contributed by atoms with Crippen LogP contribution in [0.25, 0.3) is 11.1 Å². The van der Waals surface area contributed by atoms with E-state index in [0.29, 0.717) is 21.4 Å². The maximum Gasteiger partial charge on any atom is 1.00 e. The molecule has 0 unspecified atom stereocenters. The first kappa shape index (κ1) is 14.4. The van der Waals surface area contributed by atoms with Crippen LogP contribution in [0, 0.1) is 0 Å². The van der Waals surface area contributed by atoms with Gasteiger partial charge in [0, 0.05) is 5.41 Å². The number of nitrogens with zero attached hydrogens (tertiary/aromatic N) is 1. The predicted molar refractivity (Wildman–Crippen MR) is 66.1 cm³/mol. The molecule has 0 saturated heterocycles. The molecule has 2 aromatic rings. The van der Waals surface area contributed by atoms with Crippen LogP contribution < -0.4 is 29.6 Å². The Morgan fingerprint density at radius 2 is 2.00 bits per heavy atom. The van der Waals surface area contributed by atoms with Crippen LogP contribution in [0.15, 0.2) is 21.4 Å². The first-order valence-electron chi connectivity index (χ1n) is 4.68. The second-order valence-corrected chi connectivity index (χ2v) is 5.37. The Labute approximate surface area is 129 Å². The number of rotatable bonds is 0. The summed E-state index contributed by atoms with van der Waals surface area (Å²) in [5.41, 5.74) is 1.36. The third-order valence-corrected chi connectivity index (χ3v) is 3.01. The molecule has 0 aliphatic carbocycles. The topological polar surface area (TPSA) is 26.0 Å². The van der Waals surface area contributed by atoms with E-state index in [1.54, 1.807) is 6.07 Å². The Bertz CT molecular complexity index is 524. The SMILES string of the molecule is CC(C)(C)c1nc2ccc(Cl)c(S)c2o1.[H-].[Na+]. The molecule has 0 bridgehead atoms. The van der Waals surface area contributed by atoms with E-state index in [4.69, 9.17) is 16.0 Å². The van der Waals surface area contributed by atoms with Crippen molar-refractivity contribution in [3.63, 3.8) is 0 Å². The zero-order chi connectivity index (χ0) is 11.2. The van der Waals surface area contributed by atoms with Crippen LogP contribution in [-0.4, -0.2) is 4.98 Å². The van der Waals surface area contributed by atoms with Gasteiger partial charge in [-0.05, 0) is 12.1 Å². The molecule has 0 amide bonds. The first-order chi connectivity index (χ1) is 6.89. The summed E-state index contributed by atoms with van der Waals surface area (Å²) in [5.74, 6) is 0.704. The first-order valence-corrected chi connectivity index (χ1v) is 5.50. The Morgan fingerprint density at radius 1 is 1.38 bits per heavy atom. The molecule has 0 radical (unpaired) electrons. The maximum absolute atomic E-state index is 5.95. The zero-order valence-electron chi connectivity index (χ0n) is 10.8. The van der Waals surface area contributed by atoms with Crippen LogP contribution in [0.4, 0.5) is 0 Å². The fourth-order valence-corrected chi connectivity index (χ4v) is 1.66. The number of halogens is 1. The van der Waals surface area contributed by atoms with Gasteiger partial charge in [0.25, 0.3) is 0 Å². The van der Waals surface area contributed by atoms with Gasteiger partial charge in [0.15, 0.2) is 5.58 Å². The molecular weight excluding hydrogens is 253 g/mol. The van der Waals surface area contributed by atoms with Gasteiger partial charge >= 0.3 is 29.6 Å². The zero-order valence-corrected chi connectivity index (χ0v) is 13.5. The summed E-state index contributed by atoms with van der Waals surface area (Å²) in [6.45, 7) is 6.16. The fourth-order valence-electron chi connectivity index (χ4n) is 1.27. The average molecular weight is 266 g/mol. The van der Waals surface area contributed by atoms with Crippen LogP contribution in [0.2, 0.25) is 5.02 Å². The van der Waals surface area contributed by atoms with Crippen molar-refractivity contribution in [2.75, 3.05) is 0 Å². The van der Waals surface area contributed by atoms with E-state index in [0.717, 1.165) is 5.52 Å². The molecule has 1 aromatic heterocycles. The van der Waals surface area contributed by atoms with Crippen molar-refractivity contribution in [2.24, 2.45) is 0 Å². The van der Waals surface area contributed by atoms with Gasteiger partial charge in [0.2, 0.25) is 5.89 Å². The summed E-state index contributed by atoms with van der Waals surface area (Å²) in [4.78, 5) is 5.06. The van der Waals surface area contributed by atoms with Gasteiger partial charge in [-0.1, -0.05) is 32.4 Å². The molecule has 16 heavy (non-hydrogen) atoms. The fraction of sp³-hybridized carbons (Fsp3) is 0.364. The number of fused-ring (bicyclic) bond motifs is 1. The van der Waals surface area contributed by atoms with Gasteiger partial charge in [-0.25, -0.2) is 4.98 Å². The van der Waals surface area contributed by atoms with Crippen LogP contribution in [0.3, 0.4) is 0 Å². The molecule has 5 heteroatoms. The molecule has 0 N–H and O–H groups in total. The molecule has 2 nitrogen and oxygen atoms in total. The Kier molecular flexibility index (Phi) is 4.41. The maximum atomic E-state index is 5.95. The quantitative estimate of drug-likeness (QED) is 0.572. The van der Waals surface area contributed by atoms with E-state index in [9.17, 15) is 0 Å². The monoisotopic (exact) mass is 265 g/mol. The van der Waals surface area contributed by atoms with Crippen LogP contribution >= 0.6 is 24.2 Å². The van der Waals surface area contributed by atoms with E-state index in [2.05, 4.69) is 38.4 Å². The summed E-state index contributed by atoms with van der Waals surface area (Å²) >= 11 is 10.3. The number of aromatic nitrogens is 1. The smallest absolute Gasteiger partial charge is 1.00 e. The van der Waals surface area contributed by atoms with E-state index in [1.165, 1.54) is 0 Å². The van der Waals surface area contributed by atoms with E-state index in [-0.39, 0.29) is 36.4 Å². The van der Waals surface area contributed by atoms with Crippen molar-refractivity contribution in [2.45, 2.75) is 31.1 Å². The largest absolute Gasteiger partial charge is 1.00 e. The molecule has 0 atom stereocenters. The molecule has 1 heterocycles. The Balaban J connectivity index is 0.00000128. The van der Waals surface area contributed by atoms with Crippen molar-refractivity contribution in [3.8, 4) is 0 Å². The minimum absolute atomic E-state index is 0. The van der Waals surface area contributed by atoms with Gasteiger partial charge in [0.1, 0.15) is 5.52 Å². The van der Waals surface area contributed by atoms with Gasteiger partial charge < -0.3 is 5.84 Å². The van der Waals surface area contributed by atoms with Gasteiger partial charge in [-0.15, -0.1) is 12.6 Å². The molecule has 0 aliphatic heterocycles. The third kappa shape index (κ3) is 2.59. The molecule has 0 spiro atoms. The number of thiol groups is 1. The van der Waals surface area contributed by atoms with Crippen molar-refractivity contribution in [1.82, 2.24) is 4.98 Å². The van der Waals surface area contributed by atoms with Gasteiger partial charge in [0.05, 0.1) is 9.92 Å². The van der Waals surface area contributed by atoms with Crippen LogP contribution in [0.1, 0.15) is 28.1 Å². The normalized spacial score (nSPS) is 11.6. The van der Waals surface area contributed by atoms with E-state index in [1.807, 2.05) is 6.07 Å². The minimum Gasteiger partial charge on any atom is -1.00 e. The summed E-state index contributed by atoms with van der Waals surface area (Å²) in [7, 11) is 0. The van der Waals surface area contributed by atoms with E-state index < -0.39 is 0 Å². The van der Waals surface area contributed by atoms with Crippen LogP contribution in [0.5, 0.6) is 0 Å².